The van der Waals surface area contributed by atoms with Gasteiger partial charge in [0, 0.05) is 25.1 Å². The monoisotopic (exact) mass is 192 g/mol. The van der Waals surface area contributed by atoms with Gasteiger partial charge in [-0.05, 0) is 6.92 Å². The third kappa shape index (κ3) is 1.82. The van der Waals surface area contributed by atoms with Gasteiger partial charge >= 0.3 is 0 Å². The highest BCUT2D eigenvalue weighted by molar-refractivity contribution is 5.17. The molecule has 0 radical (unpaired) electrons. The molecule has 0 aromatic carbocycles. The van der Waals surface area contributed by atoms with Crippen LogP contribution in [0.4, 0.5) is 0 Å². The first-order chi connectivity index (χ1) is 6.75. The first-order valence-corrected chi connectivity index (χ1v) is 4.44. The highest BCUT2D eigenvalue weighted by Gasteiger charge is 2.02. The van der Waals surface area contributed by atoms with Gasteiger partial charge in [-0.25, -0.2) is 9.97 Å². The van der Waals surface area contributed by atoms with Crippen LogP contribution in [0.5, 0.6) is 0 Å². The number of aliphatic hydroxyl groups is 1. The predicted molar refractivity (Wildman–Crippen MR) is 51.0 cm³/mol. The van der Waals surface area contributed by atoms with E-state index < -0.39 is 0 Å². The van der Waals surface area contributed by atoms with Crippen molar-refractivity contribution in [3.05, 3.63) is 31.2 Å². The van der Waals surface area contributed by atoms with Crippen molar-refractivity contribution < 1.29 is 5.11 Å². The molecule has 1 N–H and O–H groups in total. The van der Waals surface area contributed by atoms with E-state index in [0.29, 0.717) is 6.54 Å². The Bertz CT molecular complexity index is 391. The van der Waals surface area contributed by atoms with E-state index >= 15 is 0 Å². The summed E-state index contributed by atoms with van der Waals surface area (Å²) in [4.78, 5) is 8.12. The van der Waals surface area contributed by atoms with Gasteiger partial charge in [0.05, 0.1) is 12.4 Å². The number of imidazole rings is 2. The molecule has 0 spiro atoms. The zero-order chi connectivity index (χ0) is 9.97. The SMILES string of the molecule is CC(O)Cn1cnc(-n2ccnc2)c1. The Labute approximate surface area is 81.7 Å². The lowest BCUT2D eigenvalue weighted by Crippen LogP contribution is -2.09. The van der Waals surface area contributed by atoms with Gasteiger partial charge in [0.1, 0.15) is 6.33 Å². The van der Waals surface area contributed by atoms with Gasteiger partial charge in [-0.2, -0.15) is 0 Å². The standard InChI is InChI=1S/C9H12N4O/c1-8(14)4-12-5-9(11-7-12)13-3-2-10-6-13/h2-3,5-8,14H,4H2,1H3. The van der Waals surface area contributed by atoms with E-state index in [4.69, 9.17) is 0 Å². The van der Waals surface area contributed by atoms with Crippen LogP contribution >= 0.6 is 0 Å². The lowest BCUT2D eigenvalue weighted by atomic mass is 10.4. The average Bonchev–Trinajstić information content (AvgIpc) is 2.69. The van der Waals surface area contributed by atoms with E-state index in [-0.39, 0.29) is 6.10 Å². The van der Waals surface area contributed by atoms with E-state index in [1.54, 1.807) is 25.8 Å². The second kappa shape index (κ2) is 3.63. The number of rotatable bonds is 3. The summed E-state index contributed by atoms with van der Waals surface area (Å²) in [5.74, 6) is 0.808. The van der Waals surface area contributed by atoms with E-state index in [1.165, 1.54) is 0 Å². The number of aromatic nitrogens is 4. The summed E-state index contributed by atoms with van der Waals surface area (Å²) in [6.45, 7) is 2.30. The van der Waals surface area contributed by atoms with Gasteiger partial charge in [-0.15, -0.1) is 0 Å². The Kier molecular flexibility index (Phi) is 2.32. The van der Waals surface area contributed by atoms with E-state index in [2.05, 4.69) is 9.97 Å². The number of aliphatic hydroxyl groups excluding tert-OH is 1. The summed E-state index contributed by atoms with van der Waals surface area (Å²) in [5, 5.41) is 9.18. The summed E-state index contributed by atoms with van der Waals surface area (Å²) in [6.07, 6.45) is 8.42. The molecule has 5 nitrogen and oxygen atoms in total. The van der Waals surface area contributed by atoms with Crippen molar-refractivity contribution in [3.8, 4) is 5.82 Å². The molecule has 2 heterocycles. The molecule has 14 heavy (non-hydrogen) atoms. The van der Waals surface area contributed by atoms with E-state index in [0.717, 1.165) is 5.82 Å². The molecule has 0 amide bonds. The molecule has 0 fully saturated rings. The fourth-order valence-corrected chi connectivity index (χ4v) is 1.28. The normalized spacial score (nSPS) is 13.0. The summed E-state index contributed by atoms with van der Waals surface area (Å²) in [6, 6.07) is 0. The van der Waals surface area contributed by atoms with Crippen LogP contribution in [0.2, 0.25) is 0 Å². The average molecular weight is 192 g/mol. The molecule has 74 valence electrons. The van der Waals surface area contributed by atoms with Crippen LogP contribution in [0.25, 0.3) is 5.82 Å². The second-order valence-electron chi connectivity index (χ2n) is 3.25. The molecule has 2 aromatic rings. The molecule has 0 aliphatic rings. The van der Waals surface area contributed by atoms with Crippen molar-refractivity contribution in [2.45, 2.75) is 19.6 Å². The van der Waals surface area contributed by atoms with Crippen LogP contribution in [-0.2, 0) is 6.54 Å². The summed E-state index contributed by atoms with van der Waals surface area (Å²) < 4.78 is 3.67. The van der Waals surface area contributed by atoms with Gasteiger partial charge in [-0.1, -0.05) is 0 Å². The van der Waals surface area contributed by atoms with Crippen LogP contribution in [0, 0.1) is 0 Å². The molecule has 2 rings (SSSR count). The van der Waals surface area contributed by atoms with Crippen molar-refractivity contribution >= 4 is 0 Å². The number of hydrogen-bond donors (Lipinski definition) is 1. The largest absolute Gasteiger partial charge is 0.392 e. The topological polar surface area (TPSA) is 55.9 Å². The summed E-state index contributed by atoms with van der Waals surface area (Å²) >= 11 is 0. The van der Waals surface area contributed by atoms with Crippen LogP contribution in [0.15, 0.2) is 31.2 Å². The fraction of sp³-hybridized carbons (Fsp3) is 0.333. The minimum atomic E-state index is -0.361. The lowest BCUT2D eigenvalue weighted by Gasteiger charge is -2.03. The Morgan fingerprint density at radius 2 is 2.36 bits per heavy atom. The maximum atomic E-state index is 9.18. The van der Waals surface area contributed by atoms with Gasteiger partial charge in [0.25, 0.3) is 0 Å². The highest BCUT2D eigenvalue weighted by atomic mass is 16.3. The molecule has 1 atom stereocenters. The van der Waals surface area contributed by atoms with Gasteiger partial charge < -0.3 is 9.67 Å². The number of hydrogen-bond acceptors (Lipinski definition) is 3. The predicted octanol–water partition coefficient (Wildman–Crippen LogP) is 0.450. The van der Waals surface area contributed by atoms with Crippen LogP contribution < -0.4 is 0 Å². The molecular weight excluding hydrogens is 180 g/mol. The quantitative estimate of drug-likeness (QED) is 0.768. The molecule has 0 bridgehead atoms. The number of nitrogens with zero attached hydrogens (tertiary/aromatic N) is 4. The van der Waals surface area contributed by atoms with Crippen LogP contribution in [0.1, 0.15) is 6.92 Å². The first kappa shape index (κ1) is 8.96. The Hall–Kier alpha value is -1.62. The van der Waals surface area contributed by atoms with E-state index in [1.807, 2.05) is 21.5 Å². The molecule has 0 aliphatic carbocycles. The fourth-order valence-electron chi connectivity index (χ4n) is 1.28. The summed E-state index contributed by atoms with van der Waals surface area (Å²) in [5.41, 5.74) is 0. The third-order valence-corrected chi connectivity index (χ3v) is 1.86. The maximum Gasteiger partial charge on any atom is 0.156 e. The minimum absolute atomic E-state index is 0.361. The first-order valence-electron chi connectivity index (χ1n) is 4.44. The zero-order valence-corrected chi connectivity index (χ0v) is 7.91. The Morgan fingerprint density at radius 1 is 1.50 bits per heavy atom. The third-order valence-electron chi connectivity index (χ3n) is 1.86. The van der Waals surface area contributed by atoms with E-state index in [9.17, 15) is 5.11 Å². The van der Waals surface area contributed by atoms with Crippen molar-refractivity contribution in [2.75, 3.05) is 0 Å². The molecular formula is C9H12N4O. The van der Waals surface area contributed by atoms with Crippen molar-refractivity contribution in [3.63, 3.8) is 0 Å². The molecule has 0 saturated heterocycles. The molecule has 0 saturated carbocycles. The molecule has 5 heteroatoms. The molecule has 2 aromatic heterocycles. The molecule has 1 unspecified atom stereocenters. The zero-order valence-electron chi connectivity index (χ0n) is 7.91. The molecule has 0 aliphatic heterocycles. The Balaban J connectivity index is 2.18. The lowest BCUT2D eigenvalue weighted by molar-refractivity contribution is 0.173. The van der Waals surface area contributed by atoms with Crippen molar-refractivity contribution in [2.24, 2.45) is 0 Å². The Morgan fingerprint density at radius 3 is 3.00 bits per heavy atom. The highest BCUT2D eigenvalue weighted by Crippen LogP contribution is 2.03. The minimum Gasteiger partial charge on any atom is -0.392 e. The van der Waals surface area contributed by atoms with Crippen molar-refractivity contribution in [1.29, 1.82) is 0 Å². The van der Waals surface area contributed by atoms with Gasteiger partial charge in [0.15, 0.2) is 5.82 Å². The van der Waals surface area contributed by atoms with Crippen molar-refractivity contribution in [1.82, 2.24) is 19.1 Å². The summed E-state index contributed by atoms with van der Waals surface area (Å²) in [7, 11) is 0. The van der Waals surface area contributed by atoms with Gasteiger partial charge in [-0.3, -0.25) is 4.57 Å². The van der Waals surface area contributed by atoms with Crippen LogP contribution in [-0.4, -0.2) is 30.3 Å². The second-order valence-corrected chi connectivity index (χ2v) is 3.25. The van der Waals surface area contributed by atoms with Gasteiger partial charge in [0.2, 0.25) is 0 Å². The van der Waals surface area contributed by atoms with Crippen LogP contribution in [0.3, 0.4) is 0 Å². The maximum absolute atomic E-state index is 9.18. The smallest absolute Gasteiger partial charge is 0.156 e.